The number of rotatable bonds is 8. The van der Waals surface area contributed by atoms with Crippen molar-refractivity contribution in [3.05, 3.63) is 65.2 Å². The zero-order valence-electron chi connectivity index (χ0n) is 14.6. The number of hydrogen-bond acceptors (Lipinski definition) is 6. The molecule has 0 aliphatic heterocycles. The normalized spacial score (nSPS) is 12.5. The van der Waals surface area contributed by atoms with E-state index < -0.39 is 12.0 Å². The van der Waals surface area contributed by atoms with E-state index in [0.717, 1.165) is 22.4 Å². The molecule has 26 heavy (non-hydrogen) atoms. The van der Waals surface area contributed by atoms with Crippen LogP contribution in [0.2, 0.25) is 0 Å². The van der Waals surface area contributed by atoms with Gasteiger partial charge < -0.3 is 21.7 Å². The van der Waals surface area contributed by atoms with Crippen molar-refractivity contribution in [1.29, 1.82) is 0 Å². The summed E-state index contributed by atoms with van der Waals surface area (Å²) in [5.41, 5.74) is 3.64. The van der Waals surface area contributed by atoms with E-state index in [1.165, 1.54) is 6.21 Å². The van der Waals surface area contributed by atoms with Crippen LogP contribution in [0.3, 0.4) is 0 Å². The van der Waals surface area contributed by atoms with Gasteiger partial charge in [0.15, 0.2) is 0 Å². The number of carboxylic acids is 1. The molecule has 7 nitrogen and oxygen atoms in total. The summed E-state index contributed by atoms with van der Waals surface area (Å²) in [6.45, 7) is 2.23. The first-order valence-corrected chi connectivity index (χ1v) is 8.20. The summed E-state index contributed by atoms with van der Waals surface area (Å²) < 4.78 is 0. The Hall–Kier alpha value is -3.35. The molecule has 0 radical (unpaired) electrons. The maximum atomic E-state index is 11.5. The lowest BCUT2D eigenvalue weighted by Gasteiger charge is -2.29. The molecule has 1 atom stereocenters. The van der Waals surface area contributed by atoms with Gasteiger partial charge in [0.25, 0.3) is 0 Å². The molecule has 0 aliphatic rings. The van der Waals surface area contributed by atoms with Crippen molar-refractivity contribution in [2.75, 3.05) is 11.4 Å². The SMILES string of the molecule is CC(C(=O)O)N(CCc1ccc(C=NN)cc1)c1cccc(C=NN)c1. The second kappa shape index (κ2) is 9.22. The molecule has 0 saturated carbocycles. The second-order valence-corrected chi connectivity index (χ2v) is 5.85. The highest BCUT2D eigenvalue weighted by atomic mass is 16.4. The van der Waals surface area contributed by atoms with Crippen molar-refractivity contribution in [2.45, 2.75) is 19.4 Å². The fourth-order valence-electron chi connectivity index (χ4n) is 2.66. The molecule has 0 aromatic heterocycles. The summed E-state index contributed by atoms with van der Waals surface area (Å²) in [4.78, 5) is 13.4. The van der Waals surface area contributed by atoms with Gasteiger partial charge in [-0.1, -0.05) is 36.4 Å². The summed E-state index contributed by atoms with van der Waals surface area (Å²) in [7, 11) is 0. The van der Waals surface area contributed by atoms with Gasteiger partial charge in [0, 0.05) is 12.2 Å². The zero-order valence-corrected chi connectivity index (χ0v) is 14.6. The fraction of sp³-hybridized carbons (Fsp3) is 0.211. The van der Waals surface area contributed by atoms with Gasteiger partial charge in [0.1, 0.15) is 6.04 Å². The van der Waals surface area contributed by atoms with Crippen LogP contribution in [-0.2, 0) is 11.2 Å². The standard InChI is InChI=1S/C19H23N5O2/c1-14(19(25)26)24(18-4-2-3-17(11-18)13-23-21)10-9-15-5-7-16(8-6-15)12-22-20/h2-8,11-14H,9-10,20-21H2,1H3,(H,25,26). The highest BCUT2D eigenvalue weighted by molar-refractivity contribution is 5.83. The number of carboxylic acid groups (broad SMARTS) is 1. The Kier molecular flexibility index (Phi) is 6.73. The van der Waals surface area contributed by atoms with Crippen LogP contribution in [0.4, 0.5) is 5.69 Å². The molecule has 0 heterocycles. The molecule has 0 saturated heterocycles. The van der Waals surface area contributed by atoms with E-state index >= 15 is 0 Å². The first-order valence-electron chi connectivity index (χ1n) is 8.20. The Labute approximate surface area is 152 Å². The maximum absolute atomic E-state index is 11.5. The van der Waals surface area contributed by atoms with Gasteiger partial charge >= 0.3 is 5.97 Å². The van der Waals surface area contributed by atoms with Gasteiger partial charge in [-0.25, -0.2) is 4.79 Å². The van der Waals surface area contributed by atoms with E-state index in [-0.39, 0.29) is 0 Å². The lowest BCUT2D eigenvalue weighted by molar-refractivity contribution is -0.138. The summed E-state index contributed by atoms with van der Waals surface area (Å²) in [6.07, 6.45) is 3.81. The van der Waals surface area contributed by atoms with Gasteiger partial charge in [-0.05, 0) is 42.2 Å². The first-order chi connectivity index (χ1) is 12.5. The Morgan fingerprint density at radius 3 is 2.38 bits per heavy atom. The molecule has 7 heteroatoms. The number of hydrogen-bond donors (Lipinski definition) is 3. The number of carbonyl (C=O) groups is 1. The van der Waals surface area contributed by atoms with Crippen molar-refractivity contribution >= 4 is 24.1 Å². The third-order valence-corrected chi connectivity index (χ3v) is 4.10. The first kappa shape index (κ1) is 19.0. The van der Waals surface area contributed by atoms with Gasteiger partial charge in [-0.3, -0.25) is 0 Å². The van der Waals surface area contributed by atoms with Crippen LogP contribution in [-0.4, -0.2) is 36.1 Å². The molecule has 2 aromatic carbocycles. The number of hydrazone groups is 2. The van der Waals surface area contributed by atoms with Gasteiger partial charge in [0.2, 0.25) is 0 Å². The predicted molar refractivity (Wildman–Crippen MR) is 105 cm³/mol. The van der Waals surface area contributed by atoms with Crippen LogP contribution in [0.1, 0.15) is 23.6 Å². The summed E-state index contributed by atoms with van der Waals surface area (Å²) >= 11 is 0. The predicted octanol–water partition coefficient (Wildman–Crippen LogP) is 1.79. The van der Waals surface area contributed by atoms with Crippen LogP contribution in [0.15, 0.2) is 58.7 Å². The molecule has 2 rings (SSSR count). The maximum Gasteiger partial charge on any atom is 0.326 e. The van der Waals surface area contributed by atoms with Crippen molar-refractivity contribution < 1.29 is 9.90 Å². The Bertz CT molecular complexity index is 787. The van der Waals surface area contributed by atoms with E-state index in [4.69, 9.17) is 11.7 Å². The number of nitrogens with zero attached hydrogens (tertiary/aromatic N) is 3. The van der Waals surface area contributed by atoms with Crippen LogP contribution in [0.5, 0.6) is 0 Å². The smallest absolute Gasteiger partial charge is 0.326 e. The van der Waals surface area contributed by atoms with E-state index in [2.05, 4.69) is 10.2 Å². The van der Waals surface area contributed by atoms with Crippen LogP contribution in [0.25, 0.3) is 0 Å². The molecule has 1 unspecified atom stereocenters. The van der Waals surface area contributed by atoms with E-state index in [0.29, 0.717) is 13.0 Å². The molecule has 5 N–H and O–H groups in total. The number of anilines is 1. The third kappa shape index (κ3) is 5.07. The molecule has 2 aromatic rings. The molecule has 0 amide bonds. The number of benzene rings is 2. The lowest BCUT2D eigenvalue weighted by atomic mass is 10.1. The van der Waals surface area contributed by atoms with Crippen LogP contribution >= 0.6 is 0 Å². The van der Waals surface area contributed by atoms with Gasteiger partial charge in [-0.15, -0.1) is 0 Å². The van der Waals surface area contributed by atoms with Crippen LogP contribution < -0.4 is 16.6 Å². The molecule has 136 valence electrons. The zero-order chi connectivity index (χ0) is 18.9. The molecule has 0 spiro atoms. The van der Waals surface area contributed by atoms with E-state index in [1.807, 2.05) is 53.4 Å². The molecule has 0 bridgehead atoms. The highest BCUT2D eigenvalue weighted by Gasteiger charge is 2.21. The van der Waals surface area contributed by atoms with E-state index in [9.17, 15) is 9.90 Å². The van der Waals surface area contributed by atoms with Crippen molar-refractivity contribution in [2.24, 2.45) is 21.9 Å². The molecular formula is C19H23N5O2. The van der Waals surface area contributed by atoms with Gasteiger partial charge in [-0.2, -0.15) is 10.2 Å². The summed E-state index contributed by atoms with van der Waals surface area (Å²) in [5.74, 6) is 9.48. The minimum atomic E-state index is -0.877. The minimum Gasteiger partial charge on any atom is -0.480 e. The second-order valence-electron chi connectivity index (χ2n) is 5.85. The monoisotopic (exact) mass is 353 g/mol. The van der Waals surface area contributed by atoms with Crippen molar-refractivity contribution in [1.82, 2.24) is 0 Å². The quantitative estimate of drug-likeness (QED) is 0.380. The lowest BCUT2D eigenvalue weighted by Crippen LogP contribution is -2.40. The summed E-state index contributed by atoms with van der Waals surface area (Å²) in [6, 6.07) is 14.6. The number of aliphatic carboxylic acids is 1. The minimum absolute atomic E-state index is 0.557. The Balaban J connectivity index is 2.20. The van der Waals surface area contributed by atoms with Crippen molar-refractivity contribution in [3.8, 4) is 0 Å². The molecule has 0 fully saturated rings. The third-order valence-electron chi connectivity index (χ3n) is 4.10. The Morgan fingerprint density at radius 1 is 1.12 bits per heavy atom. The molecular weight excluding hydrogens is 330 g/mol. The van der Waals surface area contributed by atoms with Gasteiger partial charge in [0.05, 0.1) is 12.4 Å². The average Bonchev–Trinajstić information content (AvgIpc) is 2.64. The molecule has 0 aliphatic carbocycles. The summed E-state index contributed by atoms with van der Waals surface area (Å²) in [5, 5.41) is 16.5. The highest BCUT2D eigenvalue weighted by Crippen LogP contribution is 2.19. The van der Waals surface area contributed by atoms with Crippen molar-refractivity contribution in [3.63, 3.8) is 0 Å². The van der Waals surface area contributed by atoms with E-state index in [1.54, 1.807) is 13.1 Å². The average molecular weight is 353 g/mol. The topological polar surface area (TPSA) is 117 Å². The fourth-order valence-corrected chi connectivity index (χ4v) is 2.66. The largest absolute Gasteiger partial charge is 0.480 e. The number of nitrogens with two attached hydrogens (primary N) is 2. The van der Waals surface area contributed by atoms with Crippen LogP contribution in [0, 0.1) is 0 Å². The Morgan fingerprint density at radius 2 is 1.77 bits per heavy atom.